The van der Waals surface area contributed by atoms with Crippen molar-refractivity contribution in [1.82, 2.24) is 0 Å². The lowest BCUT2D eigenvalue weighted by Crippen LogP contribution is -2.30. The summed E-state index contributed by atoms with van der Waals surface area (Å²) in [6, 6.07) is 21.7. The van der Waals surface area contributed by atoms with Crippen molar-refractivity contribution in [2.75, 3.05) is 13.2 Å². The Morgan fingerprint density at radius 2 is 1.50 bits per heavy atom. The smallest absolute Gasteiger partial charge is 0.344 e. The second-order valence-corrected chi connectivity index (χ2v) is 4.96. The standard InChI is InChI=1S/C18H20N2O2/c19-13-7-8-14-22-18(15-20-21,16-9-3-1-4-10-16)17-11-5-2-6-12-17/h1-6,9-12H,7-8,13-14,19H2. The van der Waals surface area contributed by atoms with Crippen molar-refractivity contribution in [1.29, 1.82) is 0 Å². The van der Waals surface area contributed by atoms with Crippen LogP contribution in [0.2, 0.25) is 0 Å². The topological polar surface area (TPSA) is 62.7 Å². The van der Waals surface area contributed by atoms with Gasteiger partial charge < -0.3 is 15.7 Å². The number of ether oxygens (including phenoxy) is 1. The fraction of sp³-hybridized carbons (Fsp3) is 0.278. The summed E-state index contributed by atoms with van der Waals surface area (Å²) in [5.41, 5.74) is 6.09. The summed E-state index contributed by atoms with van der Waals surface area (Å²) < 4.78 is 6.08. The molecule has 22 heavy (non-hydrogen) atoms. The third-order valence-corrected chi connectivity index (χ3v) is 3.48. The minimum absolute atomic E-state index is 0.476. The van der Waals surface area contributed by atoms with E-state index in [1.807, 2.05) is 60.7 Å². The highest BCUT2D eigenvalue weighted by molar-refractivity contribution is 5.43. The molecule has 0 atom stereocenters. The number of rotatable bonds is 7. The third-order valence-electron chi connectivity index (χ3n) is 3.48. The van der Waals surface area contributed by atoms with Gasteiger partial charge in [0.05, 0.1) is 0 Å². The largest absolute Gasteiger partial charge is 0.498 e. The molecule has 0 aromatic heterocycles. The van der Waals surface area contributed by atoms with Gasteiger partial charge in [-0.05, 0) is 19.4 Å². The Balaban J connectivity index is 2.42. The molecule has 0 fully saturated rings. The maximum absolute atomic E-state index is 11.0. The second-order valence-electron chi connectivity index (χ2n) is 4.96. The lowest BCUT2D eigenvalue weighted by molar-refractivity contribution is 0.0242. The van der Waals surface area contributed by atoms with E-state index in [1.165, 1.54) is 0 Å². The van der Waals surface area contributed by atoms with E-state index in [0.717, 1.165) is 24.0 Å². The Morgan fingerprint density at radius 3 is 1.95 bits per heavy atom. The van der Waals surface area contributed by atoms with Crippen LogP contribution in [-0.2, 0) is 10.3 Å². The van der Waals surface area contributed by atoms with Gasteiger partial charge in [-0.3, -0.25) is 0 Å². The van der Waals surface area contributed by atoms with E-state index < -0.39 is 5.60 Å². The average molecular weight is 296 g/mol. The molecule has 114 valence electrons. The Kier molecular flexibility index (Phi) is 5.96. The first-order valence-electron chi connectivity index (χ1n) is 7.38. The fourth-order valence-electron chi connectivity index (χ4n) is 2.38. The Hall–Kier alpha value is -2.35. The third kappa shape index (κ3) is 3.64. The minimum atomic E-state index is -1.08. The van der Waals surface area contributed by atoms with Crippen LogP contribution >= 0.6 is 0 Å². The van der Waals surface area contributed by atoms with Gasteiger partial charge in [0, 0.05) is 22.7 Å². The zero-order valence-electron chi connectivity index (χ0n) is 12.4. The van der Waals surface area contributed by atoms with Crippen LogP contribution < -0.4 is 5.73 Å². The van der Waals surface area contributed by atoms with E-state index >= 15 is 0 Å². The summed E-state index contributed by atoms with van der Waals surface area (Å²) in [6.45, 7) is 1.09. The molecule has 0 aliphatic heterocycles. The molecule has 0 saturated heterocycles. The van der Waals surface area contributed by atoms with Crippen molar-refractivity contribution in [3.63, 3.8) is 0 Å². The predicted molar refractivity (Wildman–Crippen MR) is 88.5 cm³/mol. The maximum atomic E-state index is 11.0. The molecule has 0 amide bonds. The Labute approximate surface area is 130 Å². The van der Waals surface area contributed by atoms with Gasteiger partial charge in [-0.25, -0.2) is 0 Å². The van der Waals surface area contributed by atoms with Gasteiger partial charge in [0.25, 0.3) is 5.60 Å². The summed E-state index contributed by atoms with van der Waals surface area (Å²) in [6.07, 6.45) is 1.69. The molecule has 0 saturated carbocycles. The monoisotopic (exact) mass is 296 g/mol. The quantitative estimate of drug-likeness (QED) is 0.628. The second kappa shape index (κ2) is 8.18. The number of hydrogen-bond acceptors (Lipinski definition) is 3. The van der Waals surface area contributed by atoms with Gasteiger partial charge in [-0.1, -0.05) is 60.7 Å². The molecular formula is C18H20N2O2. The lowest BCUT2D eigenvalue weighted by atomic mass is 9.87. The molecule has 4 heteroatoms. The first-order chi connectivity index (χ1) is 10.8. The fourth-order valence-corrected chi connectivity index (χ4v) is 2.38. The van der Waals surface area contributed by atoms with E-state index in [1.54, 1.807) is 0 Å². The summed E-state index contributed by atoms with van der Waals surface area (Å²) in [5.74, 6) is 0. The van der Waals surface area contributed by atoms with Gasteiger partial charge >= 0.3 is 6.07 Å². The normalized spacial score (nSPS) is 10.8. The molecule has 0 heterocycles. The molecule has 0 bridgehead atoms. The zero-order valence-corrected chi connectivity index (χ0v) is 12.4. The first kappa shape index (κ1) is 16.0. The Morgan fingerprint density at radius 1 is 0.955 bits per heavy atom. The highest BCUT2D eigenvalue weighted by Crippen LogP contribution is 2.33. The van der Waals surface area contributed by atoms with Gasteiger partial charge in [0.2, 0.25) is 0 Å². The van der Waals surface area contributed by atoms with Crippen LogP contribution in [-0.4, -0.2) is 13.2 Å². The van der Waals surface area contributed by atoms with Crippen molar-refractivity contribution in [3.8, 4) is 6.07 Å². The summed E-state index contributed by atoms with van der Waals surface area (Å²) in [5, 5.41) is 13.9. The Bertz CT molecular complexity index is 578. The molecule has 2 rings (SSSR count). The van der Waals surface area contributed by atoms with Crippen LogP contribution in [0.4, 0.5) is 0 Å². The van der Waals surface area contributed by atoms with Crippen LogP contribution in [0.25, 0.3) is 5.01 Å². The molecule has 2 aromatic rings. The highest BCUT2D eigenvalue weighted by atomic mass is 16.5. The summed E-state index contributed by atoms with van der Waals surface area (Å²) in [4.78, 5) is 0. The number of hydrogen-bond donors (Lipinski definition) is 1. The van der Waals surface area contributed by atoms with Crippen LogP contribution in [0.1, 0.15) is 24.0 Å². The van der Waals surface area contributed by atoms with Crippen LogP contribution in [0.3, 0.4) is 0 Å². The molecule has 0 unspecified atom stereocenters. The van der Waals surface area contributed by atoms with E-state index in [4.69, 9.17) is 10.5 Å². The van der Waals surface area contributed by atoms with Crippen molar-refractivity contribution in [2.45, 2.75) is 18.4 Å². The summed E-state index contributed by atoms with van der Waals surface area (Å²) in [7, 11) is 0. The van der Waals surface area contributed by atoms with Crippen molar-refractivity contribution < 1.29 is 4.74 Å². The molecule has 2 N–H and O–H groups in total. The van der Waals surface area contributed by atoms with Crippen LogP contribution in [0, 0.1) is 11.3 Å². The number of nitrogens with zero attached hydrogens (tertiary/aromatic N) is 1. The SMILES string of the molecule is NCCCCOC(C#[N+][O-])(c1ccccc1)c1ccccc1. The van der Waals surface area contributed by atoms with Crippen LogP contribution in [0.15, 0.2) is 60.7 Å². The maximum Gasteiger partial charge on any atom is 0.344 e. The molecule has 2 aromatic carbocycles. The molecule has 0 radical (unpaired) electrons. The summed E-state index contributed by atoms with van der Waals surface area (Å²) >= 11 is 0. The van der Waals surface area contributed by atoms with Crippen molar-refractivity contribution >= 4 is 0 Å². The van der Waals surface area contributed by atoms with Crippen molar-refractivity contribution in [2.24, 2.45) is 5.73 Å². The molecular weight excluding hydrogens is 276 g/mol. The number of unbranched alkanes of at least 4 members (excludes halogenated alkanes) is 1. The molecule has 0 aliphatic rings. The predicted octanol–water partition coefficient (Wildman–Crippen LogP) is 3.52. The van der Waals surface area contributed by atoms with Gasteiger partial charge in [-0.2, -0.15) is 0 Å². The molecule has 0 spiro atoms. The zero-order chi connectivity index (χ0) is 15.7. The number of nitrogens with two attached hydrogens (primary N) is 1. The molecule has 0 aliphatic carbocycles. The van der Waals surface area contributed by atoms with Gasteiger partial charge in [0.1, 0.15) is 0 Å². The number of benzene rings is 2. The average Bonchev–Trinajstić information content (AvgIpc) is 2.59. The van der Waals surface area contributed by atoms with E-state index in [2.05, 4.69) is 11.1 Å². The van der Waals surface area contributed by atoms with Gasteiger partial charge in [0.15, 0.2) is 0 Å². The van der Waals surface area contributed by atoms with Crippen LogP contribution in [0.5, 0.6) is 0 Å². The minimum Gasteiger partial charge on any atom is -0.498 e. The van der Waals surface area contributed by atoms with E-state index in [9.17, 15) is 5.21 Å². The first-order valence-corrected chi connectivity index (χ1v) is 7.38. The van der Waals surface area contributed by atoms with Gasteiger partial charge in [-0.15, -0.1) is 0 Å². The van der Waals surface area contributed by atoms with E-state index in [-0.39, 0.29) is 0 Å². The van der Waals surface area contributed by atoms with E-state index in [0.29, 0.717) is 13.2 Å². The highest BCUT2D eigenvalue weighted by Gasteiger charge is 2.40. The molecule has 4 nitrogen and oxygen atoms in total. The lowest BCUT2D eigenvalue weighted by Gasteiger charge is -2.25. The van der Waals surface area contributed by atoms with Crippen molar-refractivity contribution in [3.05, 3.63) is 82.0 Å².